The number of benzene rings is 1. The van der Waals surface area contributed by atoms with Crippen LogP contribution in [0.25, 0.3) is 0 Å². The highest BCUT2D eigenvalue weighted by Gasteiger charge is 2.48. The van der Waals surface area contributed by atoms with Crippen LogP contribution in [0.3, 0.4) is 0 Å². The number of carbonyl (C=O) groups excluding carboxylic acids is 5. The third-order valence-electron chi connectivity index (χ3n) is 5.16. The lowest BCUT2D eigenvalue weighted by molar-refractivity contribution is -0.200. The van der Waals surface area contributed by atoms with E-state index in [4.69, 9.17) is 23.7 Å². The summed E-state index contributed by atoms with van der Waals surface area (Å²) in [4.78, 5) is 61.0. The van der Waals surface area contributed by atoms with E-state index in [-0.39, 0.29) is 12.5 Å². The Balaban J connectivity index is 2.47. The molecule has 35 heavy (non-hydrogen) atoms. The van der Waals surface area contributed by atoms with Gasteiger partial charge in [0.15, 0.2) is 24.5 Å². The summed E-state index contributed by atoms with van der Waals surface area (Å²) >= 11 is 0. The van der Waals surface area contributed by atoms with Gasteiger partial charge in [-0.15, -0.1) is 0 Å². The summed E-state index contributed by atoms with van der Waals surface area (Å²) in [6.07, 6.45) is -5.76. The first kappa shape index (κ1) is 27.8. The van der Waals surface area contributed by atoms with Crippen molar-refractivity contribution in [3.8, 4) is 0 Å². The van der Waals surface area contributed by atoms with Crippen LogP contribution in [0.1, 0.15) is 52.0 Å². The number of aryl methyl sites for hydroxylation is 1. The van der Waals surface area contributed by atoms with E-state index in [2.05, 4.69) is 0 Å². The van der Waals surface area contributed by atoms with Crippen molar-refractivity contribution in [2.24, 2.45) is 0 Å². The molecule has 0 spiro atoms. The van der Waals surface area contributed by atoms with E-state index in [0.29, 0.717) is 5.56 Å². The van der Waals surface area contributed by atoms with Gasteiger partial charge in [0.25, 0.3) is 0 Å². The minimum atomic E-state index is -1.39. The van der Waals surface area contributed by atoms with Crippen molar-refractivity contribution >= 4 is 29.8 Å². The van der Waals surface area contributed by atoms with E-state index in [1.54, 1.807) is 0 Å². The SMILES string of the molecule is CC(=O)OC[C@@H](OC(C)=O)[C@@H](OC(C)=O)[C@H](OC(C)=O)[C@@H]1CN(C(C)=O)[C@H](c2ccc(C)cc2)O1. The van der Waals surface area contributed by atoms with Crippen molar-refractivity contribution in [1.29, 1.82) is 0 Å². The summed E-state index contributed by atoms with van der Waals surface area (Å²) in [7, 11) is 0. The number of rotatable bonds is 9. The molecule has 0 bridgehead atoms. The van der Waals surface area contributed by atoms with Gasteiger partial charge in [0.1, 0.15) is 12.7 Å². The summed E-state index contributed by atoms with van der Waals surface area (Å²) in [5, 5.41) is 0. The predicted molar refractivity (Wildman–Crippen MR) is 119 cm³/mol. The Morgan fingerprint density at radius 1 is 0.886 bits per heavy atom. The minimum Gasteiger partial charge on any atom is -0.462 e. The van der Waals surface area contributed by atoms with Gasteiger partial charge in [-0.3, -0.25) is 24.0 Å². The second-order valence-corrected chi connectivity index (χ2v) is 8.21. The Labute approximate surface area is 203 Å². The second kappa shape index (κ2) is 12.3. The topological polar surface area (TPSA) is 135 Å². The number of carbonyl (C=O) groups is 5. The Morgan fingerprint density at radius 2 is 1.46 bits per heavy atom. The van der Waals surface area contributed by atoms with Crippen LogP contribution in [0.4, 0.5) is 0 Å². The maximum atomic E-state index is 12.4. The summed E-state index contributed by atoms with van der Waals surface area (Å²) < 4.78 is 27.3. The molecular formula is C24H31NO10. The number of amides is 1. The van der Waals surface area contributed by atoms with Gasteiger partial charge in [-0.25, -0.2) is 0 Å². The first-order valence-corrected chi connectivity index (χ1v) is 11.0. The monoisotopic (exact) mass is 493 g/mol. The van der Waals surface area contributed by atoms with E-state index in [1.165, 1.54) is 11.8 Å². The van der Waals surface area contributed by atoms with Crippen molar-refractivity contribution in [3.63, 3.8) is 0 Å². The Kier molecular flexibility index (Phi) is 9.76. The minimum absolute atomic E-state index is 0.00998. The van der Waals surface area contributed by atoms with Gasteiger partial charge in [-0.05, 0) is 6.92 Å². The molecule has 11 nitrogen and oxygen atoms in total. The molecule has 1 heterocycles. The summed E-state index contributed by atoms with van der Waals surface area (Å²) in [6.45, 7) is 7.39. The number of hydrogen-bond donors (Lipinski definition) is 0. The maximum Gasteiger partial charge on any atom is 0.303 e. The van der Waals surface area contributed by atoms with E-state index >= 15 is 0 Å². The van der Waals surface area contributed by atoms with Crippen LogP contribution >= 0.6 is 0 Å². The molecule has 5 atom stereocenters. The molecule has 0 aromatic heterocycles. The highest BCUT2D eigenvalue weighted by molar-refractivity contribution is 5.74. The van der Waals surface area contributed by atoms with Crippen molar-refractivity contribution in [1.82, 2.24) is 4.90 Å². The van der Waals surface area contributed by atoms with Crippen LogP contribution in [0.5, 0.6) is 0 Å². The maximum absolute atomic E-state index is 12.4. The lowest BCUT2D eigenvalue weighted by Crippen LogP contribution is -2.53. The third-order valence-corrected chi connectivity index (χ3v) is 5.16. The van der Waals surface area contributed by atoms with Crippen molar-refractivity contribution < 1.29 is 47.7 Å². The molecule has 1 saturated heterocycles. The van der Waals surface area contributed by atoms with Crippen molar-refractivity contribution in [2.75, 3.05) is 13.2 Å². The van der Waals surface area contributed by atoms with Gasteiger partial charge >= 0.3 is 23.9 Å². The average Bonchev–Trinajstić information content (AvgIpc) is 3.19. The molecule has 0 N–H and O–H groups in total. The second-order valence-electron chi connectivity index (χ2n) is 8.21. The molecule has 0 unspecified atom stereocenters. The zero-order valence-corrected chi connectivity index (χ0v) is 20.6. The van der Waals surface area contributed by atoms with Gasteiger partial charge in [0.05, 0.1) is 6.54 Å². The normalized spacial score (nSPS) is 19.8. The van der Waals surface area contributed by atoms with E-state index in [1.807, 2.05) is 31.2 Å². The molecule has 1 fully saturated rings. The highest BCUT2D eigenvalue weighted by Crippen LogP contribution is 2.34. The van der Waals surface area contributed by atoms with Crippen molar-refractivity contribution in [3.05, 3.63) is 35.4 Å². The van der Waals surface area contributed by atoms with Gasteiger partial charge in [-0.2, -0.15) is 0 Å². The van der Waals surface area contributed by atoms with Gasteiger partial charge in [-0.1, -0.05) is 29.8 Å². The molecule has 1 aliphatic rings. The fourth-order valence-corrected chi connectivity index (χ4v) is 3.74. The van der Waals surface area contributed by atoms with Gasteiger partial charge in [0.2, 0.25) is 5.91 Å². The highest BCUT2D eigenvalue weighted by atomic mass is 16.6. The molecule has 1 aliphatic heterocycles. The summed E-state index contributed by atoms with van der Waals surface area (Å²) in [5.74, 6) is -3.18. The molecule has 0 aliphatic carbocycles. The molecule has 11 heteroatoms. The van der Waals surface area contributed by atoms with E-state index < -0.39 is 61.1 Å². The number of ether oxygens (including phenoxy) is 5. The molecule has 0 saturated carbocycles. The van der Waals surface area contributed by atoms with E-state index in [9.17, 15) is 24.0 Å². The number of esters is 4. The van der Waals surface area contributed by atoms with Gasteiger partial charge in [0, 0.05) is 40.2 Å². The summed E-state index contributed by atoms with van der Waals surface area (Å²) in [6, 6.07) is 7.35. The van der Waals surface area contributed by atoms with Gasteiger partial charge < -0.3 is 28.6 Å². The average molecular weight is 494 g/mol. The first-order chi connectivity index (χ1) is 16.4. The molecule has 0 radical (unpaired) electrons. The van der Waals surface area contributed by atoms with Crippen LogP contribution in [-0.4, -0.2) is 72.3 Å². The van der Waals surface area contributed by atoms with E-state index in [0.717, 1.165) is 33.3 Å². The standard InChI is InChI=1S/C24H31NO10/c1-13-7-9-19(10-8-13)24-25(14(2)26)11-20(35-24)22(33-17(5)29)23(34-18(6)30)21(32-16(4)28)12-31-15(3)27/h7-10,20-24H,11-12H2,1-6H3/t20-,21+,22+,23+,24-/m0/s1. The zero-order valence-electron chi connectivity index (χ0n) is 20.6. The lowest BCUT2D eigenvalue weighted by Gasteiger charge is -2.34. The fraction of sp³-hybridized carbons (Fsp3) is 0.542. The van der Waals surface area contributed by atoms with Crippen LogP contribution in [0.15, 0.2) is 24.3 Å². The van der Waals surface area contributed by atoms with Crippen molar-refractivity contribution in [2.45, 2.75) is 72.2 Å². The number of hydrogen-bond acceptors (Lipinski definition) is 10. The first-order valence-electron chi connectivity index (χ1n) is 11.0. The molecular weight excluding hydrogens is 462 g/mol. The zero-order chi connectivity index (χ0) is 26.3. The Hall–Kier alpha value is -3.47. The number of nitrogens with zero attached hydrogens (tertiary/aromatic N) is 1. The molecule has 1 amide bonds. The largest absolute Gasteiger partial charge is 0.462 e. The van der Waals surface area contributed by atoms with Crippen LogP contribution in [0, 0.1) is 6.92 Å². The lowest BCUT2D eigenvalue weighted by atomic mass is 10.0. The van der Waals surface area contributed by atoms with Crippen LogP contribution < -0.4 is 0 Å². The molecule has 1 aromatic rings. The summed E-state index contributed by atoms with van der Waals surface area (Å²) in [5.41, 5.74) is 1.70. The fourth-order valence-electron chi connectivity index (χ4n) is 3.74. The Bertz CT molecular complexity index is 944. The predicted octanol–water partition coefficient (Wildman–Crippen LogP) is 1.60. The Morgan fingerprint density at radius 3 is 1.94 bits per heavy atom. The smallest absolute Gasteiger partial charge is 0.303 e. The van der Waals surface area contributed by atoms with Crippen LogP contribution in [-0.2, 0) is 47.7 Å². The quantitative estimate of drug-likeness (QED) is 0.369. The molecule has 192 valence electrons. The molecule has 1 aromatic carbocycles. The third kappa shape index (κ3) is 8.06. The van der Waals surface area contributed by atoms with Crippen LogP contribution in [0.2, 0.25) is 0 Å². The molecule has 2 rings (SSSR count).